The van der Waals surface area contributed by atoms with E-state index >= 15 is 0 Å². The van der Waals surface area contributed by atoms with Gasteiger partial charge in [0.05, 0.1) is 40.9 Å². The largest absolute Gasteiger partial charge is 0.416 e. The Balaban J connectivity index is 1.40. The highest BCUT2D eigenvalue weighted by atomic mass is 32.2. The molecule has 0 radical (unpaired) electrons. The molecule has 2 aromatic carbocycles. The summed E-state index contributed by atoms with van der Waals surface area (Å²) in [5.74, 6) is -1.44. The average Bonchev–Trinajstić information content (AvgIpc) is 3.34. The monoisotopic (exact) mass is 520 g/mol. The van der Waals surface area contributed by atoms with Crippen molar-refractivity contribution in [2.24, 2.45) is 0 Å². The number of aromatic nitrogens is 2. The molecule has 12 heteroatoms. The molecule has 0 bridgehead atoms. The zero-order chi connectivity index (χ0) is 25.6. The van der Waals surface area contributed by atoms with Gasteiger partial charge in [-0.05, 0) is 66.2 Å². The minimum Gasteiger partial charge on any atom is -0.390 e. The van der Waals surface area contributed by atoms with Gasteiger partial charge >= 0.3 is 6.18 Å². The highest BCUT2D eigenvalue weighted by Gasteiger charge is 2.43. The lowest BCUT2D eigenvalue weighted by molar-refractivity contribution is -0.138. The standard InChI is InChI=1S/C24H20F4N4O3S/c25-16-3-2-14(17(9-16)24(26,27)28)12-31-18-4-1-13(7-15(18)10-30-31)8-21-22(34)32(23(35)36-21)19-5-6-29-11-20(19)33/h1-4,7-10,19-20,29,33H,5-6,11-12H2/b21-8-/t19-,20-/m1/s1. The summed E-state index contributed by atoms with van der Waals surface area (Å²) in [5, 5.41) is 17.6. The molecule has 0 aliphatic carbocycles. The molecule has 2 N–H and O–H groups in total. The second-order valence-electron chi connectivity index (χ2n) is 8.60. The molecule has 2 saturated heterocycles. The van der Waals surface area contributed by atoms with E-state index in [1.165, 1.54) is 10.9 Å². The Morgan fingerprint density at radius 2 is 2.00 bits per heavy atom. The van der Waals surface area contributed by atoms with Crippen molar-refractivity contribution >= 4 is 39.9 Å². The van der Waals surface area contributed by atoms with Crippen LogP contribution in [0.3, 0.4) is 0 Å². The lowest BCUT2D eigenvalue weighted by Crippen LogP contribution is -2.54. The number of aliphatic hydroxyl groups is 1. The molecule has 188 valence electrons. The second-order valence-corrected chi connectivity index (χ2v) is 9.59. The number of piperidine rings is 1. The van der Waals surface area contributed by atoms with Crippen molar-refractivity contribution < 1.29 is 32.3 Å². The molecule has 0 unspecified atom stereocenters. The fraction of sp³-hybridized carbons (Fsp3) is 0.292. The second kappa shape index (κ2) is 9.34. The minimum atomic E-state index is -4.71. The van der Waals surface area contributed by atoms with E-state index in [1.807, 2.05) is 0 Å². The quantitative estimate of drug-likeness (QED) is 0.400. The molecule has 3 aromatic rings. The zero-order valence-corrected chi connectivity index (χ0v) is 19.4. The zero-order valence-electron chi connectivity index (χ0n) is 18.6. The Kier molecular flexibility index (Phi) is 6.35. The number of thioether (sulfide) groups is 1. The molecule has 2 fully saturated rings. The number of β-amino-alcohol motifs (C(OH)–C–C–N with tert-alkyl or cyclic N) is 1. The molecule has 36 heavy (non-hydrogen) atoms. The van der Waals surface area contributed by atoms with Crippen LogP contribution in [-0.4, -0.2) is 56.2 Å². The summed E-state index contributed by atoms with van der Waals surface area (Å²) in [5.41, 5.74) is -0.0178. The van der Waals surface area contributed by atoms with Crippen molar-refractivity contribution in [3.8, 4) is 0 Å². The van der Waals surface area contributed by atoms with Gasteiger partial charge in [-0.1, -0.05) is 12.1 Å². The summed E-state index contributed by atoms with van der Waals surface area (Å²) in [4.78, 5) is 26.8. The average molecular weight is 521 g/mol. The number of nitrogens with zero attached hydrogens (tertiary/aromatic N) is 3. The Morgan fingerprint density at radius 3 is 2.75 bits per heavy atom. The van der Waals surface area contributed by atoms with E-state index in [1.54, 1.807) is 24.3 Å². The van der Waals surface area contributed by atoms with E-state index in [9.17, 15) is 32.3 Å². The molecule has 5 rings (SSSR count). The van der Waals surface area contributed by atoms with Gasteiger partial charge in [0, 0.05) is 11.9 Å². The normalized spacial score (nSPS) is 22.2. The summed E-state index contributed by atoms with van der Waals surface area (Å²) in [7, 11) is 0. The first-order valence-electron chi connectivity index (χ1n) is 11.1. The third-order valence-corrected chi connectivity index (χ3v) is 7.11. The summed E-state index contributed by atoms with van der Waals surface area (Å²) in [6, 6.07) is 6.99. The van der Waals surface area contributed by atoms with Crippen LogP contribution in [0.25, 0.3) is 17.0 Å². The lowest BCUT2D eigenvalue weighted by Gasteiger charge is -2.33. The fourth-order valence-corrected chi connectivity index (χ4v) is 5.37. The van der Waals surface area contributed by atoms with Crippen molar-refractivity contribution in [2.45, 2.75) is 31.3 Å². The molecule has 2 amide bonds. The van der Waals surface area contributed by atoms with Gasteiger partial charge in [0.2, 0.25) is 0 Å². The van der Waals surface area contributed by atoms with Gasteiger partial charge in [0.25, 0.3) is 11.1 Å². The van der Waals surface area contributed by atoms with E-state index in [4.69, 9.17) is 0 Å². The first-order valence-corrected chi connectivity index (χ1v) is 11.9. The van der Waals surface area contributed by atoms with Gasteiger partial charge in [-0.25, -0.2) is 4.39 Å². The van der Waals surface area contributed by atoms with Crippen LogP contribution in [0.15, 0.2) is 47.5 Å². The lowest BCUT2D eigenvalue weighted by atomic mass is 10.0. The Bertz CT molecular complexity index is 1390. The number of carbonyl (C=O) groups is 2. The third-order valence-electron chi connectivity index (χ3n) is 6.23. The van der Waals surface area contributed by atoms with Crippen molar-refractivity contribution in [3.05, 3.63) is 70.0 Å². The number of nitrogens with one attached hydrogen (secondary N) is 1. The number of benzene rings is 2. The Labute approximate surface area is 206 Å². The summed E-state index contributed by atoms with van der Waals surface area (Å²) < 4.78 is 54.9. The fourth-order valence-electron chi connectivity index (χ4n) is 4.48. The number of fused-ring (bicyclic) bond motifs is 1. The Morgan fingerprint density at radius 1 is 1.19 bits per heavy atom. The van der Waals surface area contributed by atoms with E-state index in [-0.39, 0.29) is 17.0 Å². The first-order chi connectivity index (χ1) is 17.1. The molecule has 0 spiro atoms. The highest BCUT2D eigenvalue weighted by Crippen LogP contribution is 2.36. The highest BCUT2D eigenvalue weighted by molar-refractivity contribution is 8.18. The topological polar surface area (TPSA) is 87.5 Å². The number of hydrogen-bond donors (Lipinski definition) is 2. The number of amides is 2. The first kappa shape index (κ1) is 24.5. The smallest absolute Gasteiger partial charge is 0.390 e. The number of aliphatic hydroxyl groups excluding tert-OH is 1. The van der Waals surface area contributed by atoms with Gasteiger partial charge < -0.3 is 10.4 Å². The van der Waals surface area contributed by atoms with Crippen LogP contribution in [0.1, 0.15) is 23.1 Å². The van der Waals surface area contributed by atoms with E-state index in [2.05, 4.69) is 10.4 Å². The summed E-state index contributed by atoms with van der Waals surface area (Å²) in [6.45, 7) is 0.676. The van der Waals surface area contributed by atoms with Crippen LogP contribution in [-0.2, 0) is 17.5 Å². The van der Waals surface area contributed by atoms with Crippen molar-refractivity contribution in [3.63, 3.8) is 0 Å². The molecule has 2 aliphatic heterocycles. The van der Waals surface area contributed by atoms with Crippen LogP contribution in [0.5, 0.6) is 0 Å². The van der Waals surface area contributed by atoms with Gasteiger partial charge in [-0.3, -0.25) is 19.2 Å². The van der Waals surface area contributed by atoms with Crippen molar-refractivity contribution in [1.29, 1.82) is 0 Å². The number of imide groups is 1. The molecule has 2 aliphatic rings. The number of alkyl halides is 3. The van der Waals surface area contributed by atoms with Gasteiger partial charge in [0.1, 0.15) is 5.82 Å². The Hall–Kier alpha value is -3.22. The maximum Gasteiger partial charge on any atom is 0.416 e. The van der Waals surface area contributed by atoms with Crippen LogP contribution in [0.4, 0.5) is 22.4 Å². The van der Waals surface area contributed by atoms with E-state index < -0.39 is 40.8 Å². The van der Waals surface area contributed by atoms with E-state index in [0.717, 1.165) is 28.8 Å². The molecular formula is C24H20F4N4O3S. The molecule has 2 atom stereocenters. The summed E-state index contributed by atoms with van der Waals surface area (Å²) >= 11 is 0.799. The summed E-state index contributed by atoms with van der Waals surface area (Å²) in [6.07, 6.45) is -2.03. The maximum atomic E-state index is 13.4. The molecule has 7 nitrogen and oxygen atoms in total. The van der Waals surface area contributed by atoms with Crippen molar-refractivity contribution in [2.75, 3.05) is 13.1 Å². The number of hydrogen-bond acceptors (Lipinski definition) is 6. The van der Waals surface area contributed by atoms with Crippen molar-refractivity contribution in [1.82, 2.24) is 20.0 Å². The number of halogens is 4. The van der Waals surface area contributed by atoms with Gasteiger partial charge in [-0.2, -0.15) is 18.3 Å². The third kappa shape index (κ3) is 4.63. The van der Waals surface area contributed by atoms with Gasteiger partial charge in [0.15, 0.2) is 0 Å². The molecule has 1 aromatic heterocycles. The van der Waals surface area contributed by atoms with Crippen LogP contribution >= 0.6 is 11.8 Å². The molecule has 0 saturated carbocycles. The van der Waals surface area contributed by atoms with Crippen LogP contribution in [0, 0.1) is 5.82 Å². The molecule has 3 heterocycles. The van der Waals surface area contributed by atoms with Gasteiger partial charge in [-0.15, -0.1) is 0 Å². The maximum absolute atomic E-state index is 13.4. The number of rotatable bonds is 4. The van der Waals surface area contributed by atoms with E-state index in [0.29, 0.717) is 42.0 Å². The van der Waals surface area contributed by atoms with Crippen LogP contribution < -0.4 is 5.32 Å². The number of carbonyl (C=O) groups excluding carboxylic acids is 2. The predicted molar refractivity (Wildman–Crippen MR) is 125 cm³/mol. The molecular weight excluding hydrogens is 500 g/mol. The van der Waals surface area contributed by atoms with Crippen LogP contribution in [0.2, 0.25) is 0 Å². The SMILES string of the molecule is O=C1S/C(=C\c2ccc3c(cnn3Cc3ccc(F)cc3C(F)(F)F)c2)C(=O)N1[C@@H]1CCNC[C@H]1O. The minimum absolute atomic E-state index is 0.119. The predicted octanol–water partition coefficient (Wildman–Crippen LogP) is 4.00.